The quantitative estimate of drug-likeness (QED) is 0.819. The summed E-state index contributed by atoms with van der Waals surface area (Å²) in [6.45, 7) is 3.51. The molecule has 4 nitrogen and oxygen atoms in total. The Balaban J connectivity index is 1.49. The number of alkyl halides is 2. The molecule has 2 saturated heterocycles. The first-order valence-corrected chi connectivity index (χ1v) is 9.27. The largest absolute Gasteiger partial charge is 0.341 e. The maximum Gasteiger partial charge on any atom is 0.249 e. The smallest absolute Gasteiger partial charge is 0.249 e. The number of anilines is 1. The molecule has 1 aromatic rings. The van der Waals surface area contributed by atoms with E-state index in [1.54, 1.807) is 21.1 Å². The van der Waals surface area contributed by atoms with Crippen molar-refractivity contribution in [2.75, 3.05) is 24.5 Å². The number of hydrogen-bond acceptors (Lipinski definition) is 3. The molecule has 2 aliphatic heterocycles. The fourth-order valence-corrected chi connectivity index (χ4v) is 5.02. The summed E-state index contributed by atoms with van der Waals surface area (Å²) in [5.74, 6) is -3.35. The van der Waals surface area contributed by atoms with Crippen molar-refractivity contribution in [2.24, 2.45) is 17.3 Å². The number of thiophene rings is 1. The SMILES string of the molecule is C[C@@H]1CN(C(=O)C2CC(F)(F)C2)C[C@]12CCN(c1ccsc1)C2=O. The van der Waals surface area contributed by atoms with Crippen molar-refractivity contribution in [1.82, 2.24) is 4.90 Å². The Kier molecular flexibility index (Phi) is 3.50. The summed E-state index contributed by atoms with van der Waals surface area (Å²) in [5, 5.41) is 3.90. The molecule has 1 saturated carbocycles. The van der Waals surface area contributed by atoms with E-state index in [-0.39, 0.29) is 30.6 Å². The molecular weight excluding hydrogens is 334 g/mol. The number of nitrogens with zero attached hydrogens (tertiary/aromatic N) is 2. The van der Waals surface area contributed by atoms with Gasteiger partial charge in [-0.25, -0.2) is 8.78 Å². The van der Waals surface area contributed by atoms with E-state index in [9.17, 15) is 18.4 Å². The highest BCUT2D eigenvalue weighted by Crippen LogP contribution is 2.48. The molecule has 0 bridgehead atoms. The molecule has 3 aliphatic rings. The third-order valence-electron chi connectivity index (χ3n) is 5.93. The first-order chi connectivity index (χ1) is 11.3. The van der Waals surface area contributed by atoms with E-state index in [0.29, 0.717) is 26.1 Å². The van der Waals surface area contributed by atoms with Crippen LogP contribution in [0.4, 0.5) is 14.5 Å². The monoisotopic (exact) mass is 354 g/mol. The van der Waals surface area contributed by atoms with Crippen molar-refractivity contribution in [1.29, 1.82) is 0 Å². The Hall–Kier alpha value is -1.50. The van der Waals surface area contributed by atoms with Crippen LogP contribution in [-0.2, 0) is 9.59 Å². The second kappa shape index (κ2) is 5.25. The molecule has 2 amide bonds. The van der Waals surface area contributed by atoms with Crippen LogP contribution < -0.4 is 4.90 Å². The molecule has 4 rings (SSSR count). The van der Waals surface area contributed by atoms with Crippen LogP contribution in [-0.4, -0.2) is 42.3 Å². The fraction of sp³-hybridized carbons (Fsp3) is 0.647. The fourth-order valence-electron chi connectivity index (χ4n) is 4.38. The van der Waals surface area contributed by atoms with E-state index in [0.717, 1.165) is 5.69 Å². The molecule has 2 atom stereocenters. The van der Waals surface area contributed by atoms with Crippen molar-refractivity contribution in [3.63, 3.8) is 0 Å². The minimum absolute atomic E-state index is 0.0539. The average molecular weight is 354 g/mol. The number of amides is 2. The Morgan fingerprint density at radius 1 is 1.38 bits per heavy atom. The molecule has 24 heavy (non-hydrogen) atoms. The zero-order valence-electron chi connectivity index (χ0n) is 13.5. The molecule has 0 radical (unpaired) electrons. The van der Waals surface area contributed by atoms with Crippen LogP contribution in [0.1, 0.15) is 26.2 Å². The highest BCUT2D eigenvalue weighted by molar-refractivity contribution is 7.08. The van der Waals surface area contributed by atoms with E-state index < -0.39 is 17.3 Å². The van der Waals surface area contributed by atoms with Gasteiger partial charge in [0, 0.05) is 43.8 Å². The lowest BCUT2D eigenvalue weighted by Crippen LogP contribution is -2.47. The minimum Gasteiger partial charge on any atom is -0.341 e. The van der Waals surface area contributed by atoms with E-state index in [1.807, 2.05) is 23.8 Å². The Labute approximate surface area is 143 Å². The number of hydrogen-bond donors (Lipinski definition) is 0. The molecule has 3 heterocycles. The van der Waals surface area contributed by atoms with Crippen LogP contribution in [0.3, 0.4) is 0 Å². The van der Waals surface area contributed by atoms with Crippen LogP contribution in [0.2, 0.25) is 0 Å². The average Bonchev–Trinajstić information content (AvgIpc) is 3.19. The minimum atomic E-state index is -2.69. The predicted molar refractivity (Wildman–Crippen MR) is 87.1 cm³/mol. The summed E-state index contributed by atoms with van der Waals surface area (Å²) in [4.78, 5) is 29.0. The van der Waals surface area contributed by atoms with Crippen molar-refractivity contribution in [3.8, 4) is 0 Å². The van der Waals surface area contributed by atoms with Crippen molar-refractivity contribution >= 4 is 28.8 Å². The van der Waals surface area contributed by atoms with Gasteiger partial charge in [0.2, 0.25) is 17.7 Å². The molecule has 0 unspecified atom stereocenters. The predicted octanol–water partition coefficient (Wildman–Crippen LogP) is 2.99. The Bertz CT molecular complexity index is 670. The summed E-state index contributed by atoms with van der Waals surface area (Å²) in [5.41, 5.74) is 0.363. The number of likely N-dealkylation sites (tertiary alicyclic amines) is 1. The van der Waals surface area contributed by atoms with Gasteiger partial charge in [0.05, 0.1) is 11.1 Å². The third-order valence-corrected chi connectivity index (χ3v) is 6.60. The summed E-state index contributed by atoms with van der Waals surface area (Å²) >= 11 is 1.55. The standard InChI is InChI=1S/C17H20F2N2O2S/c1-11-8-20(14(22)12-6-17(18,19)7-12)10-16(11)3-4-21(15(16)23)13-2-5-24-9-13/h2,5,9,11-12H,3-4,6-8,10H2,1H3/t11-,16-/m1/s1. The molecule has 7 heteroatoms. The molecular formula is C17H20F2N2O2S. The van der Waals surface area contributed by atoms with Crippen molar-refractivity contribution in [3.05, 3.63) is 16.8 Å². The maximum atomic E-state index is 13.0. The lowest BCUT2D eigenvalue weighted by Gasteiger charge is -2.36. The van der Waals surface area contributed by atoms with Crippen LogP contribution in [0.15, 0.2) is 16.8 Å². The van der Waals surface area contributed by atoms with Gasteiger partial charge in [-0.15, -0.1) is 0 Å². The van der Waals surface area contributed by atoms with Gasteiger partial charge in [-0.05, 0) is 23.8 Å². The van der Waals surface area contributed by atoms with E-state index >= 15 is 0 Å². The maximum absolute atomic E-state index is 13.0. The van der Waals surface area contributed by atoms with Gasteiger partial charge in [0.25, 0.3) is 0 Å². The lowest BCUT2D eigenvalue weighted by atomic mass is 9.77. The van der Waals surface area contributed by atoms with Crippen LogP contribution in [0.25, 0.3) is 0 Å². The van der Waals surface area contributed by atoms with Gasteiger partial charge in [0.15, 0.2) is 0 Å². The Morgan fingerprint density at radius 2 is 2.12 bits per heavy atom. The summed E-state index contributed by atoms with van der Waals surface area (Å²) in [6.07, 6.45) is 0.0187. The number of carbonyl (C=O) groups excluding carboxylic acids is 2. The summed E-state index contributed by atoms with van der Waals surface area (Å²) < 4.78 is 26.1. The first kappa shape index (κ1) is 16.0. The van der Waals surface area contributed by atoms with Gasteiger partial charge >= 0.3 is 0 Å². The Morgan fingerprint density at radius 3 is 2.75 bits per heavy atom. The van der Waals surface area contributed by atoms with E-state index in [1.165, 1.54) is 0 Å². The molecule has 3 fully saturated rings. The third kappa shape index (κ3) is 2.28. The molecule has 0 N–H and O–H groups in total. The van der Waals surface area contributed by atoms with Gasteiger partial charge in [-0.1, -0.05) is 6.92 Å². The number of halogens is 2. The van der Waals surface area contributed by atoms with Crippen molar-refractivity contribution in [2.45, 2.75) is 32.1 Å². The second-order valence-corrected chi connectivity index (χ2v) is 8.21. The molecule has 0 aromatic carbocycles. The topological polar surface area (TPSA) is 40.6 Å². The van der Waals surface area contributed by atoms with Crippen LogP contribution in [0.5, 0.6) is 0 Å². The number of carbonyl (C=O) groups is 2. The van der Waals surface area contributed by atoms with E-state index in [4.69, 9.17) is 0 Å². The van der Waals surface area contributed by atoms with Gasteiger partial charge in [-0.3, -0.25) is 9.59 Å². The highest BCUT2D eigenvalue weighted by atomic mass is 32.1. The summed E-state index contributed by atoms with van der Waals surface area (Å²) in [6, 6.07) is 1.93. The van der Waals surface area contributed by atoms with Gasteiger partial charge < -0.3 is 9.80 Å². The van der Waals surface area contributed by atoms with Crippen molar-refractivity contribution < 1.29 is 18.4 Å². The lowest BCUT2D eigenvalue weighted by molar-refractivity contribution is -0.159. The number of rotatable bonds is 2. The van der Waals surface area contributed by atoms with Crippen LogP contribution in [0, 0.1) is 17.3 Å². The normalized spacial score (nSPS) is 32.6. The molecule has 130 valence electrons. The molecule has 1 aromatic heterocycles. The van der Waals surface area contributed by atoms with Gasteiger partial charge in [-0.2, -0.15) is 11.3 Å². The zero-order chi connectivity index (χ0) is 17.1. The first-order valence-electron chi connectivity index (χ1n) is 8.33. The second-order valence-electron chi connectivity index (χ2n) is 7.43. The van der Waals surface area contributed by atoms with E-state index in [2.05, 4.69) is 0 Å². The zero-order valence-corrected chi connectivity index (χ0v) is 14.3. The van der Waals surface area contributed by atoms with Crippen LogP contribution >= 0.6 is 11.3 Å². The highest BCUT2D eigenvalue weighted by Gasteiger charge is 2.58. The molecule has 1 spiro atoms. The summed E-state index contributed by atoms with van der Waals surface area (Å²) in [7, 11) is 0. The van der Waals surface area contributed by atoms with Gasteiger partial charge in [0.1, 0.15) is 0 Å². The molecule has 1 aliphatic carbocycles.